The number of hydrogen-bond acceptors (Lipinski definition) is 3. The van der Waals surface area contributed by atoms with Crippen LogP contribution in [0.15, 0.2) is 53.0 Å². The van der Waals surface area contributed by atoms with Crippen molar-refractivity contribution in [2.45, 2.75) is 59.5 Å². The quantitative estimate of drug-likeness (QED) is 0.504. The first-order chi connectivity index (χ1) is 15.0. The lowest BCUT2D eigenvalue weighted by Gasteiger charge is -2.29. The Bertz CT molecular complexity index is 904. The number of amides is 2. The van der Waals surface area contributed by atoms with Crippen LogP contribution in [0, 0.1) is 5.92 Å². The smallest absolute Gasteiger partial charge is 0.261 e. The summed E-state index contributed by atoms with van der Waals surface area (Å²) in [5.41, 5.74) is 2.18. The number of nitrogens with zero attached hydrogens (tertiary/aromatic N) is 1. The lowest BCUT2D eigenvalue weighted by molar-refractivity contribution is -0.142. The first-order valence-electron chi connectivity index (χ1n) is 11.0. The molecule has 0 aromatic heterocycles. The highest BCUT2D eigenvalue weighted by atomic mass is 79.9. The van der Waals surface area contributed by atoms with Crippen LogP contribution in [-0.2, 0) is 21.5 Å². The molecule has 0 unspecified atom stereocenters. The average Bonchev–Trinajstić information content (AvgIpc) is 2.73. The summed E-state index contributed by atoms with van der Waals surface area (Å²) in [6, 6.07) is 14.9. The van der Waals surface area contributed by atoms with Gasteiger partial charge in [0.25, 0.3) is 5.91 Å². The van der Waals surface area contributed by atoms with Crippen molar-refractivity contribution < 1.29 is 14.3 Å². The molecule has 0 spiro atoms. The number of rotatable bonds is 9. The molecule has 0 radical (unpaired) electrons. The van der Waals surface area contributed by atoms with Gasteiger partial charge in [-0.05, 0) is 53.6 Å². The molecule has 0 bridgehead atoms. The number of ether oxygens (including phenoxy) is 1. The maximum Gasteiger partial charge on any atom is 0.261 e. The molecule has 1 atom stereocenters. The minimum Gasteiger partial charge on any atom is -0.484 e. The summed E-state index contributed by atoms with van der Waals surface area (Å²) >= 11 is 3.47. The van der Waals surface area contributed by atoms with Crippen LogP contribution in [-0.4, -0.2) is 35.9 Å². The Morgan fingerprint density at radius 1 is 1.06 bits per heavy atom. The molecule has 2 amide bonds. The normalized spacial score (nSPS) is 12.4. The molecule has 0 aliphatic carbocycles. The predicted molar refractivity (Wildman–Crippen MR) is 133 cm³/mol. The van der Waals surface area contributed by atoms with Crippen molar-refractivity contribution >= 4 is 27.7 Å². The van der Waals surface area contributed by atoms with Crippen LogP contribution in [0.3, 0.4) is 0 Å². The highest BCUT2D eigenvalue weighted by Crippen LogP contribution is 2.24. The largest absolute Gasteiger partial charge is 0.484 e. The first-order valence-corrected chi connectivity index (χ1v) is 11.8. The number of benzene rings is 2. The summed E-state index contributed by atoms with van der Waals surface area (Å²) in [5, 5.41) is 2.93. The van der Waals surface area contributed by atoms with Gasteiger partial charge < -0.3 is 15.0 Å². The van der Waals surface area contributed by atoms with Crippen LogP contribution in [0.25, 0.3) is 0 Å². The molecule has 0 aliphatic heterocycles. The van der Waals surface area contributed by atoms with Gasteiger partial charge in [0.15, 0.2) is 6.61 Å². The van der Waals surface area contributed by atoms with Gasteiger partial charge >= 0.3 is 0 Å². The van der Waals surface area contributed by atoms with Crippen LogP contribution >= 0.6 is 15.9 Å². The summed E-state index contributed by atoms with van der Waals surface area (Å²) < 4.78 is 6.70. The summed E-state index contributed by atoms with van der Waals surface area (Å²) in [6.07, 6.45) is 0. The average molecular weight is 503 g/mol. The van der Waals surface area contributed by atoms with E-state index >= 15 is 0 Å². The second kappa shape index (κ2) is 11.5. The Balaban J connectivity index is 2.12. The molecule has 5 nitrogen and oxygen atoms in total. The van der Waals surface area contributed by atoms with Gasteiger partial charge in [-0.15, -0.1) is 0 Å². The van der Waals surface area contributed by atoms with E-state index in [4.69, 9.17) is 4.74 Å². The van der Waals surface area contributed by atoms with Crippen molar-refractivity contribution in [3.05, 3.63) is 64.1 Å². The van der Waals surface area contributed by atoms with Gasteiger partial charge in [-0.1, -0.05) is 74.8 Å². The summed E-state index contributed by atoms with van der Waals surface area (Å²) in [6.45, 7) is 13.0. The van der Waals surface area contributed by atoms with Gasteiger partial charge in [-0.3, -0.25) is 9.59 Å². The summed E-state index contributed by atoms with van der Waals surface area (Å²) in [4.78, 5) is 27.4. The van der Waals surface area contributed by atoms with Crippen LogP contribution in [0.1, 0.15) is 52.7 Å². The Morgan fingerprint density at radius 3 is 2.28 bits per heavy atom. The van der Waals surface area contributed by atoms with E-state index in [0.717, 1.165) is 10.0 Å². The fourth-order valence-electron chi connectivity index (χ4n) is 3.15. The molecule has 6 heteroatoms. The molecule has 0 fully saturated rings. The zero-order chi connectivity index (χ0) is 23.9. The van der Waals surface area contributed by atoms with Crippen LogP contribution < -0.4 is 10.1 Å². The Morgan fingerprint density at radius 2 is 1.72 bits per heavy atom. The maximum atomic E-state index is 13.1. The predicted octanol–water partition coefficient (Wildman–Crippen LogP) is 5.31. The zero-order valence-corrected chi connectivity index (χ0v) is 21.5. The van der Waals surface area contributed by atoms with E-state index in [1.165, 1.54) is 5.56 Å². The second-order valence-electron chi connectivity index (χ2n) is 9.53. The van der Waals surface area contributed by atoms with E-state index in [9.17, 15) is 9.59 Å². The van der Waals surface area contributed by atoms with Crippen LogP contribution in [0.5, 0.6) is 5.75 Å². The monoisotopic (exact) mass is 502 g/mol. The topological polar surface area (TPSA) is 58.6 Å². The standard InChI is InChI=1S/C26H35BrN2O3/c1-18(2)15-28-25(31)19(3)29(16-20-8-7-9-22(27)14-20)24(30)17-32-23-12-10-21(11-13-23)26(4,5)6/h7-14,18-19H,15-17H2,1-6H3,(H,28,31)/t19-/m1/s1. The van der Waals surface area contributed by atoms with E-state index in [2.05, 4.69) is 42.0 Å². The van der Waals surface area contributed by atoms with E-state index in [-0.39, 0.29) is 23.8 Å². The molecule has 2 aromatic rings. The Kier molecular flexibility index (Phi) is 9.32. The van der Waals surface area contributed by atoms with E-state index in [1.807, 2.05) is 62.4 Å². The molecule has 0 saturated carbocycles. The SMILES string of the molecule is CC(C)CNC(=O)[C@@H](C)N(Cc1cccc(Br)c1)C(=O)COc1ccc(C(C)(C)C)cc1. The van der Waals surface area contributed by atoms with Crippen molar-refractivity contribution in [1.29, 1.82) is 0 Å². The fraction of sp³-hybridized carbons (Fsp3) is 0.462. The minimum absolute atomic E-state index is 0.0495. The van der Waals surface area contributed by atoms with Gasteiger partial charge in [0.1, 0.15) is 11.8 Å². The fourth-order valence-corrected chi connectivity index (χ4v) is 3.59. The van der Waals surface area contributed by atoms with E-state index in [0.29, 0.717) is 24.8 Å². The summed E-state index contributed by atoms with van der Waals surface area (Å²) in [5.74, 6) is 0.555. The van der Waals surface area contributed by atoms with Crippen molar-refractivity contribution in [1.82, 2.24) is 10.2 Å². The zero-order valence-electron chi connectivity index (χ0n) is 19.9. The molecule has 0 heterocycles. The lowest BCUT2D eigenvalue weighted by atomic mass is 9.87. The Labute approximate surface area is 200 Å². The molecule has 1 N–H and O–H groups in total. The number of halogens is 1. The van der Waals surface area contributed by atoms with Crippen molar-refractivity contribution in [3.63, 3.8) is 0 Å². The third kappa shape index (κ3) is 7.97. The van der Waals surface area contributed by atoms with Crippen LogP contribution in [0.4, 0.5) is 0 Å². The lowest BCUT2D eigenvalue weighted by Crippen LogP contribution is -2.49. The van der Waals surface area contributed by atoms with E-state index < -0.39 is 6.04 Å². The molecule has 0 aliphatic rings. The number of nitrogens with one attached hydrogen (secondary N) is 1. The van der Waals surface area contributed by atoms with Gasteiger partial charge in [0, 0.05) is 17.6 Å². The van der Waals surface area contributed by atoms with Gasteiger partial charge in [-0.25, -0.2) is 0 Å². The minimum atomic E-state index is -0.618. The highest BCUT2D eigenvalue weighted by molar-refractivity contribution is 9.10. The number of hydrogen-bond donors (Lipinski definition) is 1. The van der Waals surface area contributed by atoms with Crippen molar-refractivity contribution in [2.24, 2.45) is 5.92 Å². The number of carbonyl (C=O) groups excluding carboxylic acids is 2. The molecule has 174 valence electrons. The van der Waals surface area contributed by atoms with Crippen molar-refractivity contribution in [3.8, 4) is 5.75 Å². The van der Waals surface area contributed by atoms with E-state index in [1.54, 1.807) is 11.8 Å². The van der Waals surface area contributed by atoms with Crippen LogP contribution in [0.2, 0.25) is 0 Å². The molecular formula is C26H35BrN2O3. The van der Waals surface area contributed by atoms with Crippen molar-refractivity contribution in [2.75, 3.05) is 13.2 Å². The molecule has 0 saturated heterocycles. The first kappa shape index (κ1) is 25.9. The number of carbonyl (C=O) groups is 2. The Hall–Kier alpha value is -2.34. The third-order valence-electron chi connectivity index (χ3n) is 5.18. The highest BCUT2D eigenvalue weighted by Gasteiger charge is 2.26. The third-order valence-corrected chi connectivity index (χ3v) is 5.67. The molecule has 32 heavy (non-hydrogen) atoms. The van der Waals surface area contributed by atoms with Gasteiger partial charge in [0.2, 0.25) is 5.91 Å². The molecule has 2 rings (SSSR count). The maximum absolute atomic E-state index is 13.1. The summed E-state index contributed by atoms with van der Waals surface area (Å²) in [7, 11) is 0. The molecular weight excluding hydrogens is 468 g/mol. The van der Waals surface area contributed by atoms with Gasteiger partial charge in [-0.2, -0.15) is 0 Å². The van der Waals surface area contributed by atoms with Gasteiger partial charge in [0.05, 0.1) is 0 Å². The molecule has 2 aromatic carbocycles. The second-order valence-corrected chi connectivity index (χ2v) is 10.4.